The van der Waals surface area contributed by atoms with Crippen LogP contribution in [-0.4, -0.2) is 36.0 Å². The lowest BCUT2D eigenvalue weighted by atomic mass is 10.2. The molecule has 1 unspecified atom stereocenters. The molecule has 0 radical (unpaired) electrons. The Balaban J connectivity index is 2.81. The summed E-state index contributed by atoms with van der Waals surface area (Å²) in [6, 6.07) is 4.20. The Morgan fingerprint density at radius 1 is 1.32 bits per heavy atom. The van der Waals surface area contributed by atoms with Gasteiger partial charge in [0.05, 0.1) is 0 Å². The van der Waals surface area contributed by atoms with E-state index in [-0.39, 0.29) is 6.42 Å². The molecule has 1 rings (SSSR count). The van der Waals surface area contributed by atoms with Gasteiger partial charge in [-0.15, -0.1) is 0 Å². The summed E-state index contributed by atoms with van der Waals surface area (Å²) < 4.78 is 11.1. The molecule has 1 N–H and O–H groups in total. The van der Waals surface area contributed by atoms with E-state index in [9.17, 15) is 14.4 Å². The predicted octanol–water partition coefficient (Wildman–Crippen LogP) is 3.59. The molecule has 1 aromatic rings. The lowest BCUT2D eigenvalue weighted by Gasteiger charge is -2.24. The summed E-state index contributed by atoms with van der Waals surface area (Å²) in [6.07, 6.45) is -0.585. The molecule has 138 valence electrons. The Hall–Kier alpha value is -1.35. The van der Waals surface area contributed by atoms with Crippen molar-refractivity contribution in [1.29, 1.82) is 0 Å². The molecular formula is C17H21ClINO5. The van der Waals surface area contributed by atoms with Gasteiger partial charge in [0.25, 0.3) is 0 Å². The molecule has 0 saturated carbocycles. The van der Waals surface area contributed by atoms with Crippen molar-refractivity contribution in [2.75, 3.05) is 5.32 Å². The second-order valence-electron chi connectivity index (χ2n) is 6.34. The van der Waals surface area contributed by atoms with E-state index in [1.807, 2.05) is 0 Å². The highest BCUT2D eigenvalue weighted by atomic mass is 127. The maximum absolute atomic E-state index is 12.3. The summed E-state index contributed by atoms with van der Waals surface area (Å²) in [6.45, 7) is 6.58. The lowest BCUT2D eigenvalue weighted by molar-refractivity contribution is -0.174. The molecule has 2 atom stereocenters. The second-order valence-corrected chi connectivity index (χ2v) is 7.93. The van der Waals surface area contributed by atoms with E-state index in [1.165, 1.54) is 6.92 Å². The monoisotopic (exact) mass is 481 g/mol. The Morgan fingerprint density at radius 3 is 2.52 bits per heavy atom. The molecule has 25 heavy (non-hydrogen) atoms. The first-order valence-corrected chi connectivity index (χ1v) is 9.07. The normalized spacial score (nSPS) is 13.5. The summed E-state index contributed by atoms with van der Waals surface area (Å²) in [5.41, 5.74) is -0.0865. The number of hydrogen-bond acceptors (Lipinski definition) is 6. The van der Waals surface area contributed by atoms with Crippen molar-refractivity contribution in [2.24, 2.45) is 0 Å². The van der Waals surface area contributed by atoms with E-state index < -0.39 is 29.7 Å². The average Bonchev–Trinajstić information content (AvgIpc) is 2.48. The van der Waals surface area contributed by atoms with Crippen molar-refractivity contribution < 1.29 is 23.9 Å². The third kappa shape index (κ3) is 7.60. The van der Waals surface area contributed by atoms with Gasteiger partial charge in [-0.1, -0.05) is 11.6 Å². The predicted molar refractivity (Wildman–Crippen MR) is 104 cm³/mol. The first-order chi connectivity index (χ1) is 11.5. The minimum Gasteiger partial charge on any atom is -0.457 e. The zero-order chi connectivity index (χ0) is 19.2. The molecule has 1 aromatic carbocycles. The Labute approximate surface area is 165 Å². The van der Waals surface area contributed by atoms with Crippen LogP contribution in [0, 0.1) is 3.57 Å². The largest absolute Gasteiger partial charge is 0.457 e. The van der Waals surface area contributed by atoms with Crippen LogP contribution >= 0.6 is 34.2 Å². The van der Waals surface area contributed by atoms with Crippen molar-refractivity contribution in [1.82, 2.24) is 0 Å². The molecule has 0 aliphatic carbocycles. The zero-order valence-electron chi connectivity index (χ0n) is 14.5. The van der Waals surface area contributed by atoms with E-state index in [1.54, 1.807) is 39.0 Å². The van der Waals surface area contributed by atoms with E-state index in [0.29, 0.717) is 17.0 Å². The molecule has 0 fully saturated rings. The van der Waals surface area contributed by atoms with Crippen LogP contribution < -0.4 is 5.32 Å². The Bertz CT molecular complexity index is 644. The Morgan fingerprint density at radius 2 is 1.96 bits per heavy atom. The number of hydrogen-bond donors (Lipinski definition) is 1. The molecule has 0 aliphatic rings. The molecule has 0 saturated heterocycles. The molecule has 6 nitrogen and oxygen atoms in total. The fourth-order valence-corrected chi connectivity index (χ4v) is 2.46. The summed E-state index contributed by atoms with van der Waals surface area (Å²) in [5.74, 6) is -1.37. The highest BCUT2D eigenvalue weighted by Gasteiger charge is 2.28. The van der Waals surface area contributed by atoms with Gasteiger partial charge in [0.2, 0.25) is 0 Å². The molecule has 0 bridgehead atoms. The zero-order valence-corrected chi connectivity index (χ0v) is 17.4. The average molecular weight is 482 g/mol. The summed E-state index contributed by atoms with van der Waals surface area (Å²) in [4.78, 5) is 35.2. The summed E-state index contributed by atoms with van der Waals surface area (Å²) in [5, 5.41) is 3.42. The van der Waals surface area contributed by atoms with Gasteiger partial charge in [-0.25, -0.2) is 9.59 Å². The molecule has 0 amide bonds. The quantitative estimate of drug-likeness (QED) is 0.364. The van der Waals surface area contributed by atoms with Gasteiger partial charge in [0, 0.05) is 20.7 Å². The van der Waals surface area contributed by atoms with Crippen molar-refractivity contribution in [2.45, 2.75) is 51.9 Å². The molecule has 8 heteroatoms. The highest BCUT2D eigenvalue weighted by molar-refractivity contribution is 14.1. The number of carbonyl (C=O) groups excluding carboxylic acids is 3. The number of rotatable bonds is 7. The fraction of sp³-hybridized carbons (Fsp3) is 0.471. The maximum atomic E-state index is 12.3. The van der Waals surface area contributed by atoms with Crippen LogP contribution in [0.2, 0.25) is 5.02 Å². The third-order valence-electron chi connectivity index (χ3n) is 2.91. The smallest absolute Gasteiger partial charge is 0.347 e. The first-order valence-electron chi connectivity index (χ1n) is 7.62. The van der Waals surface area contributed by atoms with Gasteiger partial charge in [0.1, 0.15) is 17.9 Å². The van der Waals surface area contributed by atoms with Crippen molar-refractivity contribution in [3.05, 3.63) is 26.8 Å². The fourth-order valence-electron chi connectivity index (χ4n) is 1.80. The number of ether oxygens (including phenoxy) is 2. The standard InChI is InChI=1S/C17H21ClINO5/c1-10(15(22)25-17(2,3)4)24-16(23)13(7-8-21)20-14-9-11(18)5-6-12(14)19/h5-6,8-10,13,20H,7H2,1-4H3/t10-,13?/m1/s1. The maximum Gasteiger partial charge on any atom is 0.347 e. The van der Waals surface area contributed by atoms with E-state index in [2.05, 4.69) is 27.9 Å². The van der Waals surface area contributed by atoms with Gasteiger partial charge >= 0.3 is 11.9 Å². The van der Waals surface area contributed by atoms with Crippen molar-refractivity contribution >= 4 is 58.1 Å². The second kappa shape index (κ2) is 9.38. The number of esters is 2. The van der Waals surface area contributed by atoms with Gasteiger partial charge < -0.3 is 19.6 Å². The molecular weight excluding hydrogens is 461 g/mol. The molecule has 0 aromatic heterocycles. The topological polar surface area (TPSA) is 81.7 Å². The number of anilines is 1. The summed E-state index contributed by atoms with van der Waals surface area (Å²) >= 11 is 8.03. The van der Waals surface area contributed by atoms with Crippen LogP contribution in [0.5, 0.6) is 0 Å². The number of nitrogens with one attached hydrogen (secondary N) is 1. The number of aldehydes is 1. The van der Waals surface area contributed by atoms with E-state index >= 15 is 0 Å². The van der Waals surface area contributed by atoms with E-state index in [0.717, 1.165) is 3.57 Å². The number of benzene rings is 1. The summed E-state index contributed by atoms with van der Waals surface area (Å²) in [7, 11) is 0. The van der Waals surface area contributed by atoms with Crippen LogP contribution in [0.4, 0.5) is 5.69 Å². The molecule has 0 spiro atoms. The van der Waals surface area contributed by atoms with Gasteiger partial charge in [0.15, 0.2) is 6.10 Å². The number of carbonyl (C=O) groups is 3. The van der Waals surface area contributed by atoms with Crippen LogP contribution in [0.25, 0.3) is 0 Å². The minimum absolute atomic E-state index is 0.109. The first kappa shape index (κ1) is 21.7. The van der Waals surface area contributed by atoms with E-state index in [4.69, 9.17) is 21.1 Å². The van der Waals surface area contributed by atoms with Crippen LogP contribution in [0.15, 0.2) is 18.2 Å². The van der Waals surface area contributed by atoms with Gasteiger partial charge in [-0.2, -0.15) is 0 Å². The molecule has 0 heterocycles. The highest BCUT2D eigenvalue weighted by Crippen LogP contribution is 2.24. The Kier molecular flexibility index (Phi) is 8.14. The third-order valence-corrected chi connectivity index (χ3v) is 4.08. The van der Waals surface area contributed by atoms with Gasteiger partial charge in [-0.05, 0) is 68.5 Å². The van der Waals surface area contributed by atoms with Crippen molar-refractivity contribution in [3.8, 4) is 0 Å². The lowest BCUT2D eigenvalue weighted by Crippen LogP contribution is -2.38. The SMILES string of the molecule is C[C@@H](OC(=O)C(CC=O)Nc1cc(Cl)ccc1I)C(=O)OC(C)(C)C. The van der Waals surface area contributed by atoms with Crippen molar-refractivity contribution in [3.63, 3.8) is 0 Å². The van der Waals surface area contributed by atoms with Gasteiger partial charge in [-0.3, -0.25) is 0 Å². The van der Waals surface area contributed by atoms with Crippen LogP contribution in [-0.2, 0) is 23.9 Å². The minimum atomic E-state index is -1.08. The van der Waals surface area contributed by atoms with Crippen LogP contribution in [0.3, 0.4) is 0 Å². The van der Waals surface area contributed by atoms with Crippen LogP contribution in [0.1, 0.15) is 34.1 Å². The molecule has 0 aliphatic heterocycles. The number of halogens is 2.